The maximum atomic E-state index is 12.1. The number of hydrogen-bond acceptors (Lipinski definition) is 5. The molecule has 8 heteroatoms. The van der Waals surface area contributed by atoms with Gasteiger partial charge >= 0.3 is 0 Å². The van der Waals surface area contributed by atoms with Crippen LogP contribution >= 0.6 is 11.6 Å². The van der Waals surface area contributed by atoms with E-state index < -0.39 is 0 Å². The van der Waals surface area contributed by atoms with Gasteiger partial charge in [0, 0.05) is 29.7 Å². The number of amides is 1. The molecule has 0 radical (unpaired) electrons. The van der Waals surface area contributed by atoms with Gasteiger partial charge in [0.05, 0.1) is 18.9 Å². The summed E-state index contributed by atoms with van der Waals surface area (Å²) in [6.07, 6.45) is 0. The van der Waals surface area contributed by atoms with Crippen molar-refractivity contribution in [1.29, 1.82) is 0 Å². The number of morpholine rings is 1. The van der Waals surface area contributed by atoms with Gasteiger partial charge in [-0.25, -0.2) is 9.69 Å². The first-order valence-corrected chi connectivity index (χ1v) is 7.96. The lowest BCUT2D eigenvalue weighted by Gasteiger charge is -2.26. The quantitative estimate of drug-likeness (QED) is 0.889. The van der Waals surface area contributed by atoms with Crippen molar-refractivity contribution in [3.8, 4) is 11.3 Å². The van der Waals surface area contributed by atoms with E-state index in [1.807, 2.05) is 12.1 Å². The average Bonchev–Trinajstić information content (AvgIpc) is 2.58. The number of hydrogen-bond donors (Lipinski definition) is 1. The van der Waals surface area contributed by atoms with Crippen LogP contribution in [0.4, 0.5) is 0 Å². The highest BCUT2D eigenvalue weighted by atomic mass is 35.5. The van der Waals surface area contributed by atoms with Gasteiger partial charge in [0.15, 0.2) is 0 Å². The van der Waals surface area contributed by atoms with Crippen molar-refractivity contribution < 1.29 is 9.53 Å². The molecule has 0 saturated carbocycles. The van der Waals surface area contributed by atoms with Gasteiger partial charge in [-0.2, -0.15) is 5.10 Å². The Kier molecular flexibility index (Phi) is 5.24. The normalized spacial score (nSPS) is 15.2. The second-order valence-electron chi connectivity index (χ2n) is 5.36. The van der Waals surface area contributed by atoms with Crippen molar-refractivity contribution >= 4 is 17.5 Å². The SMILES string of the molecule is O=C(Cn1nc(-c2ccc(Cl)cc2)ccc1=O)NN1CCOCC1. The molecule has 7 nitrogen and oxygen atoms in total. The van der Waals surface area contributed by atoms with Crippen LogP contribution in [0.1, 0.15) is 0 Å². The van der Waals surface area contributed by atoms with Crippen LogP contribution in [-0.2, 0) is 16.1 Å². The van der Waals surface area contributed by atoms with E-state index in [0.717, 1.165) is 10.2 Å². The summed E-state index contributed by atoms with van der Waals surface area (Å²) in [6, 6.07) is 10.2. The summed E-state index contributed by atoms with van der Waals surface area (Å²) in [6.45, 7) is 2.25. The zero-order chi connectivity index (χ0) is 16.9. The van der Waals surface area contributed by atoms with Gasteiger partial charge < -0.3 is 4.74 Å². The third-order valence-corrected chi connectivity index (χ3v) is 3.85. The number of nitrogens with zero attached hydrogens (tertiary/aromatic N) is 3. The van der Waals surface area contributed by atoms with E-state index >= 15 is 0 Å². The third kappa shape index (κ3) is 4.19. The fourth-order valence-corrected chi connectivity index (χ4v) is 2.49. The van der Waals surface area contributed by atoms with Crippen LogP contribution in [0.15, 0.2) is 41.2 Å². The highest BCUT2D eigenvalue weighted by molar-refractivity contribution is 6.30. The predicted octanol–water partition coefficient (Wildman–Crippen LogP) is 0.927. The molecule has 1 saturated heterocycles. The molecule has 1 aliphatic heterocycles. The van der Waals surface area contributed by atoms with Crippen LogP contribution in [0.5, 0.6) is 0 Å². The monoisotopic (exact) mass is 348 g/mol. The average molecular weight is 349 g/mol. The molecule has 1 amide bonds. The number of benzene rings is 1. The topological polar surface area (TPSA) is 76.5 Å². The Morgan fingerprint density at radius 2 is 1.88 bits per heavy atom. The summed E-state index contributed by atoms with van der Waals surface area (Å²) in [4.78, 5) is 24.1. The summed E-state index contributed by atoms with van der Waals surface area (Å²) >= 11 is 5.87. The molecular formula is C16H17ClN4O3. The molecule has 0 atom stereocenters. The van der Waals surface area contributed by atoms with E-state index in [1.54, 1.807) is 23.2 Å². The van der Waals surface area contributed by atoms with E-state index in [2.05, 4.69) is 10.5 Å². The van der Waals surface area contributed by atoms with E-state index in [4.69, 9.17) is 16.3 Å². The maximum Gasteiger partial charge on any atom is 0.267 e. The molecular weight excluding hydrogens is 332 g/mol. The molecule has 1 fully saturated rings. The van der Waals surface area contributed by atoms with Gasteiger partial charge in [0.1, 0.15) is 6.54 Å². The first-order valence-electron chi connectivity index (χ1n) is 7.58. The van der Waals surface area contributed by atoms with Crippen molar-refractivity contribution in [1.82, 2.24) is 20.2 Å². The fourth-order valence-electron chi connectivity index (χ4n) is 2.36. The van der Waals surface area contributed by atoms with Crippen molar-refractivity contribution in [2.45, 2.75) is 6.54 Å². The van der Waals surface area contributed by atoms with Crippen LogP contribution < -0.4 is 11.0 Å². The van der Waals surface area contributed by atoms with Gasteiger partial charge in [-0.1, -0.05) is 23.7 Å². The Morgan fingerprint density at radius 1 is 1.17 bits per heavy atom. The minimum absolute atomic E-state index is 0.141. The van der Waals surface area contributed by atoms with Crippen LogP contribution in [0, 0.1) is 0 Å². The van der Waals surface area contributed by atoms with E-state index in [0.29, 0.717) is 37.0 Å². The molecule has 1 aromatic heterocycles. The zero-order valence-corrected chi connectivity index (χ0v) is 13.7. The molecule has 126 valence electrons. The summed E-state index contributed by atoms with van der Waals surface area (Å²) in [5.41, 5.74) is 3.85. The first kappa shape index (κ1) is 16.6. The standard InChI is InChI=1S/C16H17ClN4O3/c17-13-3-1-12(2-4-13)14-5-6-16(23)21(18-14)11-15(22)19-20-7-9-24-10-8-20/h1-6H,7-11H2,(H,19,22). The lowest BCUT2D eigenvalue weighted by molar-refractivity contribution is -0.128. The van der Waals surface area contributed by atoms with E-state index in [9.17, 15) is 9.59 Å². The number of hydrazine groups is 1. The fraction of sp³-hybridized carbons (Fsp3) is 0.312. The molecule has 1 N–H and O–H groups in total. The maximum absolute atomic E-state index is 12.1. The molecule has 3 rings (SSSR count). The second-order valence-corrected chi connectivity index (χ2v) is 5.79. The van der Waals surface area contributed by atoms with Crippen LogP contribution in [-0.4, -0.2) is 47.0 Å². The Bertz CT molecular complexity index is 770. The van der Waals surface area contributed by atoms with Gasteiger partial charge in [0.2, 0.25) is 0 Å². The summed E-state index contributed by atoms with van der Waals surface area (Å²) in [7, 11) is 0. The van der Waals surface area contributed by atoms with Crippen molar-refractivity contribution in [2.24, 2.45) is 0 Å². The number of carbonyl (C=O) groups excluding carboxylic acids is 1. The lowest BCUT2D eigenvalue weighted by atomic mass is 10.1. The largest absolute Gasteiger partial charge is 0.379 e. The molecule has 0 spiro atoms. The highest BCUT2D eigenvalue weighted by Crippen LogP contribution is 2.18. The number of carbonyl (C=O) groups is 1. The van der Waals surface area contributed by atoms with Gasteiger partial charge in [-0.05, 0) is 18.2 Å². The molecule has 2 aromatic rings. The summed E-state index contributed by atoms with van der Waals surface area (Å²) < 4.78 is 6.37. The Balaban J connectivity index is 1.72. The number of nitrogens with one attached hydrogen (secondary N) is 1. The molecule has 1 aliphatic rings. The number of halogens is 1. The molecule has 24 heavy (non-hydrogen) atoms. The van der Waals surface area contributed by atoms with Gasteiger partial charge in [0.25, 0.3) is 11.5 Å². The predicted molar refractivity (Wildman–Crippen MR) is 89.5 cm³/mol. The molecule has 1 aromatic carbocycles. The van der Waals surface area contributed by atoms with Crippen molar-refractivity contribution in [3.63, 3.8) is 0 Å². The molecule has 0 bridgehead atoms. The van der Waals surface area contributed by atoms with Crippen LogP contribution in [0.3, 0.4) is 0 Å². The minimum atomic E-state index is -0.329. The minimum Gasteiger partial charge on any atom is -0.379 e. The van der Waals surface area contributed by atoms with E-state index in [-0.39, 0.29) is 18.0 Å². The van der Waals surface area contributed by atoms with E-state index in [1.165, 1.54) is 6.07 Å². The molecule has 0 aliphatic carbocycles. The summed E-state index contributed by atoms with van der Waals surface area (Å²) in [5, 5.41) is 6.66. The zero-order valence-electron chi connectivity index (χ0n) is 12.9. The molecule has 2 heterocycles. The molecule has 0 unspecified atom stereocenters. The van der Waals surface area contributed by atoms with Crippen LogP contribution in [0.2, 0.25) is 5.02 Å². The highest BCUT2D eigenvalue weighted by Gasteiger charge is 2.14. The Labute approximate surface area is 143 Å². The third-order valence-electron chi connectivity index (χ3n) is 3.59. The van der Waals surface area contributed by atoms with Crippen molar-refractivity contribution in [2.75, 3.05) is 26.3 Å². The van der Waals surface area contributed by atoms with Crippen molar-refractivity contribution in [3.05, 3.63) is 51.8 Å². The Morgan fingerprint density at radius 3 is 2.58 bits per heavy atom. The van der Waals surface area contributed by atoms with Gasteiger partial charge in [-0.15, -0.1) is 0 Å². The number of aromatic nitrogens is 2. The second kappa shape index (κ2) is 7.57. The Hall–Kier alpha value is -2.22. The first-order chi connectivity index (χ1) is 11.6. The summed E-state index contributed by atoms with van der Waals surface area (Å²) in [5.74, 6) is -0.292. The number of rotatable bonds is 4. The smallest absolute Gasteiger partial charge is 0.267 e. The van der Waals surface area contributed by atoms with Gasteiger partial charge in [-0.3, -0.25) is 15.0 Å². The lowest BCUT2D eigenvalue weighted by Crippen LogP contribution is -2.49. The van der Waals surface area contributed by atoms with Crippen LogP contribution in [0.25, 0.3) is 11.3 Å². The number of ether oxygens (including phenoxy) is 1.